The van der Waals surface area contributed by atoms with E-state index in [-0.39, 0.29) is 29.9 Å². The highest BCUT2D eigenvalue weighted by atomic mass is 16.5. The Hall–Kier alpha value is -3.48. The Morgan fingerprint density at radius 3 is 2.62 bits per heavy atom. The molecule has 150 valence electrons. The van der Waals surface area contributed by atoms with Gasteiger partial charge in [-0.1, -0.05) is 30.3 Å². The van der Waals surface area contributed by atoms with Gasteiger partial charge in [0.05, 0.1) is 18.5 Å². The summed E-state index contributed by atoms with van der Waals surface area (Å²) in [6.07, 6.45) is 0.112. The summed E-state index contributed by atoms with van der Waals surface area (Å²) in [7, 11) is 1.72. The fraction of sp³-hybridized carbons (Fsp3) is 0.273. The molecule has 3 aromatic rings. The van der Waals surface area contributed by atoms with Gasteiger partial charge in [0.15, 0.2) is 0 Å². The van der Waals surface area contributed by atoms with Gasteiger partial charge in [-0.15, -0.1) is 0 Å². The van der Waals surface area contributed by atoms with Gasteiger partial charge in [0.25, 0.3) is 5.91 Å². The first-order valence-electron chi connectivity index (χ1n) is 9.40. The van der Waals surface area contributed by atoms with Crippen LogP contribution in [-0.4, -0.2) is 40.4 Å². The van der Waals surface area contributed by atoms with Crippen molar-refractivity contribution in [3.05, 3.63) is 64.8 Å². The number of ether oxygens (including phenoxy) is 1. The molecule has 2 aromatic carbocycles. The van der Waals surface area contributed by atoms with Crippen LogP contribution in [0.25, 0.3) is 10.9 Å². The third kappa shape index (κ3) is 4.68. The van der Waals surface area contributed by atoms with Crippen LogP contribution in [0.3, 0.4) is 0 Å². The van der Waals surface area contributed by atoms with Crippen molar-refractivity contribution in [2.75, 3.05) is 19.4 Å². The number of nitrogens with two attached hydrogens (primary N) is 1. The van der Waals surface area contributed by atoms with Crippen molar-refractivity contribution in [2.24, 2.45) is 0 Å². The summed E-state index contributed by atoms with van der Waals surface area (Å²) in [5.74, 6) is -0.559. The largest absolute Gasteiger partial charge is 0.466 e. The van der Waals surface area contributed by atoms with E-state index in [1.807, 2.05) is 31.2 Å². The number of anilines is 1. The van der Waals surface area contributed by atoms with E-state index in [1.165, 1.54) is 0 Å². The fourth-order valence-electron chi connectivity index (χ4n) is 3.14. The van der Waals surface area contributed by atoms with Crippen LogP contribution in [-0.2, 0) is 22.5 Å². The molecular weight excluding hydrogens is 368 g/mol. The van der Waals surface area contributed by atoms with Gasteiger partial charge in [0, 0.05) is 19.0 Å². The molecule has 0 radical (unpaired) electrons. The maximum Gasteiger partial charge on any atom is 0.310 e. The summed E-state index contributed by atoms with van der Waals surface area (Å²) < 4.78 is 5.01. The zero-order chi connectivity index (χ0) is 21.0. The van der Waals surface area contributed by atoms with E-state index in [1.54, 1.807) is 37.1 Å². The van der Waals surface area contributed by atoms with E-state index in [2.05, 4.69) is 9.97 Å². The Labute approximate surface area is 169 Å². The van der Waals surface area contributed by atoms with Crippen molar-refractivity contribution < 1.29 is 14.3 Å². The van der Waals surface area contributed by atoms with Crippen LogP contribution in [0.1, 0.15) is 34.1 Å². The number of fused-ring (bicyclic) bond motifs is 1. The quantitative estimate of drug-likeness (QED) is 0.648. The maximum atomic E-state index is 13.2. The Morgan fingerprint density at radius 1 is 1.14 bits per heavy atom. The van der Waals surface area contributed by atoms with E-state index >= 15 is 0 Å². The molecular formula is C22H24N4O3. The summed E-state index contributed by atoms with van der Waals surface area (Å²) in [5.41, 5.74) is 9.48. The Bertz CT molecular complexity index is 1070. The lowest BCUT2D eigenvalue weighted by Crippen LogP contribution is -2.28. The SMILES string of the molecule is CCOC(=O)Cc1ccc2nc(N)nc(C(=O)N(C)Cc3ccccc3C)c2c1. The van der Waals surface area contributed by atoms with Gasteiger partial charge < -0.3 is 15.4 Å². The van der Waals surface area contributed by atoms with Crippen molar-refractivity contribution in [1.82, 2.24) is 14.9 Å². The molecule has 0 spiro atoms. The third-order valence-corrected chi connectivity index (χ3v) is 4.65. The second kappa shape index (κ2) is 8.68. The number of nitrogen functional groups attached to an aromatic ring is 1. The molecule has 0 saturated heterocycles. The number of hydrogen-bond acceptors (Lipinski definition) is 6. The Balaban J connectivity index is 1.94. The second-order valence-corrected chi connectivity index (χ2v) is 6.85. The highest BCUT2D eigenvalue weighted by Crippen LogP contribution is 2.21. The Morgan fingerprint density at radius 2 is 1.90 bits per heavy atom. The first-order chi connectivity index (χ1) is 13.9. The van der Waals surface area contributed by atoms with Crippen molar-refractivity contribution in [1.29, 1.82) is 0 Å². The van der Waals surface area contributed by atoms with Crippen LogP contribution < -0.4 is 5.73 Å². The molecule has 7 nitrogen and oxygen atoms in total. The normalized spacial score (nSPS) is 10.7. The van der Waals surface area contributed by atoms with Crippen LogP contribution in [0, 0.1) is 6.92 Å². The minimum Gasteiger partial charge on any atom is -0.466 e. The van der Waals surface area contributed by atoms with Gasteiger partial charge in [-0.3, -0.25) is 9.59 Å². The van der Waals surface area contributed by atoms with Crippen LogP contribution in [0.5, 0.6) is 0 Å². The number of rotatable bonds is 6. The number of amides is 1. The number of nitrogens with zero attached hydrogens (tertiary/aromatic N) is 3. The standard InChI is InChI=1S/C22H24N4O3/c1-4-29-19(27)12-15-9-10-18-17(11-15)20(25-22(23)24-18)21(28)26(3)13-16-8-6-5-7-14(16)2/h5-11H,4,12-13H2,1-3H3,(H2,23,24,25). The number of aromatic nitrogens is 2. The smallest absolute Gasteiger partial charge is 0.310 e. The molecule has 1 amide bonds. The highest BCUT2D eigenvalue weighted by Gasteiger charge is 2.19. The molecule has 0 atom stereocenters. The Kier molecular flexibility index (Phi) is 6.07. The monoisotopic (exact) mass is 392 g/mol. The molecule has 1 aromatic heterocycles. The topological polar surface area (TPSA) is 98.4 Å². The maximum absolute atomic E-state index is 13.2. The molecule has 0 saturated carbocycles. The summed E-state index contributed by atoms with van der Waals surface area (Å²) in [5, 5.41) is 0.558. The molecule has 1 heterocycles. The minimum atomic E-state index is -0.326. The molecule has 0 bridgehead atoms. The number of benzene rings is 2. The van der Waals surface area contributed by atoms with Crippen molar-refractivity contribution in [3.8, 4) is 0 Å². The molecule has 0 aliphatic rings. The lowest BCUT2D eigenvalue weighted by Gasteiger charge is -2.19. The van der Waals surface area contributed by atoms with Gasteiger partial charge >= 0.3 is 5.97 Å². The number of esters is 1. The van der Waals surface area contributed by atoms with Gasteiger partial charge in [0.2, 0.25) is 5.95 Å². The van der Waals surface area contributed by atoms with E-state index < -0.39 is 0 Å². The van der Waals surface area contributed by atoms with Gasteiger partial charge in [0.1, 0.15) is 5.69 Å². The minimum absolute atomic E-state index is 0.0308. The molecule has 2 N–H and O–H groups in total. The molecule has 0 aliphatic heterocycles. The first-order valence-corrected chi connectivity index (χ1v) is 9.40. The molecule has 7 heteroatoms. The van der Waals surface area contributed by atoms with Crippen molar-refractivity contribution in [3.63, 3.8) is 0 Å². The van der Waals surface area contributed by atoms with E-state index in [4.69, 9.17) is 10.5 Å². The predicted octanol–water partition coefficient (Wildman–Crippen LogP) is 2.90. The number of carbonyl (C=O) groups is 2. The molecule has 0 fully saturated rings. The number of carbonyl (C=O) groups excluding carboxylic acids is 2. The zero-order valence-corrected chi connectivity index (χ0v) is 16.8. The van der Waals surface area contributed by atoms with Gasteiger partial charge in [-0.2, -0.15) is 0 Å². The second-order valence-electron chi connectivity index (χ2n) is 6.85. The van der Waals surface area contributed by atoms with Crippen LogP contribution in [0.2, 0.25) is 0 Å². The molecule has 0 aliphatic carbocycles. The summed E-state index contributed by atoms with van der Waals surface area (Å²) in [6, 6.07) is 13.2. The number of aryl methyl sites for hydroxylation is 1. The zero-order valence-electron chi connectivity index (χ0n) is 16.8. The molecule has 3 rings (SSSR count). The van der Waals surface area contributed by atoms with E-state index in [0.717, 1.165) is 16.7 Å². The summed E-state index contributed by atoms with van der Waals surface area (Å²) in [4.78, 5) is 35.0. The van der Waals surface area contributed by atoms with Crippen molar-refractivity contribution in [2.45, 2.75) is 26.8 Å². The lowest BCUT2D eigenvalue weighted by atomic mass is 10.1. The van der Waals surface area contributed by atoms with E-state index in [0.29, 0.717) is 24.1 Å². The van der Waals surface area contributed by atoms with Crippen molar-refractivity contribution >= 4 is 28.7 Å². The number of hydrogen-bond donors (Lipinski definition) is 1. The van der Waals surface area contributed by atoms with Crippen LogP contribution >= 0.6 is 0 Å². The molecule has 0 unspecified atom stereocenters. The molecule has 29 heavy (non-hydrogen) atoms. The lowest BCUT2D eigenvalue weighted by molar-refractivity contribution is -0.142. The fourth-order valence-corrected chi connectivity index (χ4v) is 3.14. The average Bonchev–Trinajstić information content (AvgIpc) is 2.69. The van der Waals surface area contributed by atoms with E-state index in [9.17, 15) is 9.59 Å². The summed E-state index contributed by atoms with van der Waals surface area (Å²) in [6.45, 7) is 4.53. The third-order valence-electron chi connectivity index (χ3n) is 4.65. The van der Waals surface area contributed by atoms with Gasteiger partial charge in [-0.05, 0) is 42.7 Å². The first kappa shape index (κ1) is 20.3. The van der Waals surface area contributed by atoms with Crippen LogP contribution in [0.15, 0.2) is 42.5 Å². The van der Waals surface area contributed by atoms with Gasteiger partial charge in [-0.25, -0.2) is 9.97 Å². The van der Waals surface area contributed by atoms with Crippen LogP contribution in [0.4, 0.5) is 5.95 Å². The highest BCUT2D eigenvalue weighted by molar-refractivity contribution is 6.04. The average molecular weight is 392 g/mol. The summed E-state index contributed by atoms with van der Waals surface area (Å²) >= 11 is 0. The predicted molar refractivity (Wildman–Crippen MR) is 111 cm³/mol.